The topological polar surface area (TPSA) is 6.48 Å². The quantitative estimate of drug-likeness (QED) is 0.185. The number of benzene rings is 3. The Hall–Kier alpha value is -3.76. The van der Waals surface area contributed by atoms with E-state index in [1.54, 1.807) is 43.7 Å². The first-order valence-corrected chi connectivity index (χ1v) is 26.8. The smallest absolute Gasteiger partial charge is 0.239 e. The molecule has 0 amide bonds. The van der Waals surface area contributed by atoms with E-state index in [0.717, 1.165) is 6.42 Å². The number of allylic oxidation sites excluding steroid dienone is 4. The van der Waals surface area contributed by atoms with Crippen LogP contribution in [0.1, 0.15) is 177 Å². The molecule has 1 fully saturated rings. The molecule has 0 saturated heterocycles. The van der Waals surface area contributed by atoms with Crippen molar-refractivity contribution >= 4 is 61.1 Å². The molecule has 346 valence electrons. The van der Waals surface area contributed by atoms with Crippen LogP contribution in [0.4, 0.5) is 22.7 Å². The molecule has 1 aromatic heterocycles. The van der Waals surface area contributed by atoms with Crippen LogP contribution in [-0.2, 0) is 16.2 Å². The summed E-state index contributed by atoms with van der Waals surface area (Å²) in [5.41, 5.74) is 21.9. The second kappa shape index (κ2) is 13.9. The van der Waals surface area contributed by atoms with Crippen molar-refractivity contribution in [3.63, 3.8) is 0 Å². The van der Waals surface area contributed by atoms with Crippen molar-refractivity contribution in [3.8, 4) is 0 Å². The van der Waals surface area contributed by atoms with E-state index >= 15 is 0 Å². The fraction of sp³-hybridized carbons (Fsp3) is 0.548. The van der Waals surface area contributed by atoms with Crippen LogP contribution in [0.25, 0.3) is 10.1 Å². The SMILES string of the molecule is Cc1cc2c3c(c1)N(C1C=CC4=C(C1)C(C)(C)CCC4(C)C)C1C=C4C(=CC1B3c1sc3cc5c(cc3c1N2c1ccc(C(C)(C)C)cc1C)C(C)(C)CCC5(C)C)C(C)(C)CCC4(C)C. The van der Waals surface area contributed by atoms with Gasteiger partial charge in [0.25, 0.3) is 0 Å². The largest absolute Gasteiger partial charge is 0.359 e. The minimum Gasteiger partial charge on any atom is -0.359 e. The highest BCUT2D eigenvalue weighted by atomic mass is 32.1. The van der Waals surface area contributed by atoms with Gasteiger partial charge in [-0.3, -0.25) is 0 Å². The Morgan fingerprint density at radius 3 is 1.88 bits per heavy atom. The van der Waals surface area contributed by atoms with Crippen LogP contribution in [0, 0.1) is 35.5 Å². The summed E-state index contributed by atoms with van der Waals surface area (Å²) in [6, 6.07) is 18.4. The summed E-state index contributed by atoms with van der Waals surface area (Å²) in [5, 5.41) is 1.45. The molecule has 2 aliphatic heterocycles. The summed E-state index contributed by atoms with van der Waals surface area (Å²) in [6.07, 6.45) is 19.5. The average Bonchev–Trinajstić information content (AvgIpc) is 3.60. The number of anilines is 4. The maximum absolute atomic E-state index is 2.98. The van der Waals surface area contributed by atoms with Gasteiger partial charge in [0.1, 0.15) is 0 Å². The summed E-state index contributed by atoms with van der Waals surface area (Å²) < 4.78 is 3.02. The molecule has 0 bridgehead atoms. The van der Waals surface area contributed by atoms with Crippen LogP contribution in [0.15, 0.2) is 89.1 Å². The highest BCUT2D eigenvalue weighted by Gasteiger charge is 2.55. The van der Waals surface area contributed by atoms with Gasteiger partial charge in [-0.2, -0.15) is 0 Å². The lowest BCUT2D eigenvalue weighted by Crippen LogP contribution is -2.64. The van der Waals surface area contributed by atoms with Gasteiger partial charge in [0.2, 0.25) is 6.71 Å². The van der Waals surface area contributed by atoms with Crippen molar-refractivity contribution in [2.24, 2.45) is 21.7 Å². The Morgan fingerprint density at radius 2 is 1.23 bits per heavy atom. The minimum atomic E-state index is 0.0687. The predicted molar refractivity (Wildman–Crippen MR) is 289 cm³/mol. The van der Waals surface area contributed by atoms with Crippen LogP contribution in [0.2, 0.25) is 5.82 Å². The van der Waals surface area contributed by atoms with Gasteiger partial charge in [-0.1, -0.05) is 146 Å². The molecule has 0 N–H and O–H groups in total. The molecule has 0 radical (unpaired) electrons. The highest BCUT2D eigenvalue weighted by Crippen LogP contribution is 2.60. The molecule has 3 heterocycles. The van der Waals surface area contributed by atoms with Gasteiger partial charge in [-0.25, -0.2) is 0 Å². The van der Waals surface area contributed by atoms with Gasteiger partial charge >= 0.3 is 0 Å². The maximum Gasteiger partial charge on any atom is 0.239 e. The first-order chi connectivity index (χ1) is 30.6. The summed E-state index contributed by atoms with van der Waals surface area (Å²) in [6.45, 7) is 42.3. The maximum atomic E-state index is 2.98. The van der Waals surface area contributed by atoms with Gasteiger partial charge in [-0.15, -0.1) is 11.3 Å². The second-order valence-electron chi connectivity index (χ2n) is 27.5. The Balaban J connectivity index is 1.23. The first kappa shape index (κ1) is 44.7. The van der Waals surface area contributed by atoms with E-state index in [-0.39, 0.29) is 56.7 Å². The molecule has 1 saturated carbocycles. The second-order valence-corrected chi connectivity index (χ2v) is 28.5. The monoisotopic (exact) mass is 895 g/mol. The zero-order chi connectivity index (χ0) is 47.2. The molecule has 4 heteroatoms. The molecule has 2 nitrogen and oxygen atoms in total. The van der Waals surface area contributed by atoms with Crippen molar-refractivity contribution in [2.45, 2.75) is 197 Å². The van der Waals surface area contributed by atoms with Gasteiger partial charge in [0, 0.05) is 38.0 Å². The number of nitrogens with zero attached hydrogens (tertiary/aromatic N) is 2. The van der Waals surface area contributed by atoms with Crippen LogP contribution >= 0.6 is 11.3 Å². The van der Waals surface area contributed by atoms with Crippen LogP contribution in [0.5, 0.6) is 0 Å². The Bertz CT molecular complexity index is 2890. The Morgan fingerprint density at radius 1 is 0.636 bits per heavy atom. The normalized spacial score (nSPS) is 27.0. The lowest BCUT2D eigenvalue weighted by molar-refractivity contribution is 0.252. The zero-order valence-corrected chi connectivity index (χ0v) is 44.7. The number of rotatable bonds is 2. The number of hydrogen-bond donors (Lipinski definition) is 0. The van der Waals surface area contributed by atoms with E-state index in [9.17, 15) is 0 Å². The van der Waals surface area contributed by atoms with Crippen molar-refractivity contribution in [2.75, 3.05) is 9.80 Å². The summed E-state index contributed by atoms with van der Waals surface area (Å²) in [4.78, 5) is 5.76. The van der Waals surface area contributed by atoms with Crippen molar-refractivity contribution in [3.05, 3.63) is 117 Å². The number of aryl methyl sites for hydroxylation is 2. The van der Waals surface area contributed by atoms with E-state index < -0.39 is 0 Å². The number of thiophene rings is 1. The molecule has 66 heavy (non-hydrogen) atoms. The Labute approximate surface area is 404 Å². The zero-order valence-electron chi connectivity index (χ0n) is 43.9. The molecular formula is C62H79BN2S. The molecule has 3 atom stereocenters. The van der Waals surface area contributed by atoms with E-state index in [2.05, 4.69) is 206 Å². The van der Waals surface area contributed by atoms with Gasteiger partial charge in [0.15, 0.2) is 0 Å². The van der Waals surface area contributed by atoms with E-state index in [0.29, 0.717) is 5.82 Å². The lowest BCUT2D eigenvalue weighted by Gasteiger charge is -2.56. The molecule has 3 aromatic carbocycles. The first-order valence-electron chi connectivity index (χ1n) is 25.9. The molecule has 3 unspecified atom stereocenters. The number of hydrogen-bond acceptors (Lipinski definition) is 3. The van der Waals surface area contributed by atoms with Crippen LogP contribution < -0.4 is 20.0 Å². The molecule has 7 aliphatic rings. The van der Waals surface area contributed by atoms with Crippen LogP contribution in [0.3, 0.4) is 0 Å². The fourth-order valence-electron chi connectivity index (χ4n) is 14.3. The van der Waals surface area contributed by atoms with E-state index in [4.69, 9.17) is 0 Å². The van der Waals surface area contributed by atoms with Crippen LogP contribution in [-0.4, -0.2) is 18.8 Å². The predicted octanol–water partition coefficient (Wildman–Crippen LogP) is 16.3. The minimum absolute atomic E-state index is 0.0687. The van der Waals surface area contributed by atoms with Crippen molar-refractivity contribution < 1.29 is 0 Å². The molecule has 11 rings (SSSR count). The molecule has 4 aromatic rings. The van der Waals surface area contributed by atoms with Gasteiger partial charge in [-0.05, 0) is 183 Å². The van der Waals surface area contributed by atoms with Crippen molar-refractivity contribution in [1.82, 2.24) is 0 Å². The highest BCUT2D eigenvalue weighted by molar-refractivity contribution is 7.32. The summed E-state index contributed by atoms with van der Waals surface area (Å²) in [5.74, 6) is 0.297. The lowest BCUT2D eigenvalue weighted by atomic mass is 9.30. The number of fused-ring (bicyclic) bond motifs is 8. The average molecular weight is 895 g/mol. The third-order valence-corrected chi connectivity index (χ3v) is 20.2. The third kappa shape index (κ3) is 6.44. The standard InChI is InChI=1S/C62H79BN2S/c1-36-28-50-53-51(29-36)65(48-21-18-38(30-37(48)2)56(3,4)5)54-40-32-43-46(62(16,17)27-24-59(43,10)11)35-52(40)66-55(54)63(53)47-33-44-45(61(14,15)26-25-60(44,12)13)34-49(47)64(50)39-19-20-41-42(31-39)58(8,9)23-22-57(41,6)7/h18-21,28-30,32-35,39,47,49H,22-27,31H2,1-17H3. The fourth-order valence-corrected chi connectivity index (χ4v) is 15.7. The molecule has 0 spiro atoms. The van der Waals surface area contributed by atoms with Gasteiger partial charge < -0.3 is 9.80 Å². The van der Waals surface area contributed by atoms with Crippen molar-refractivity contribution in [1.29, 1.82) is 0 Å². The van der Waals surface area contributed by atoms with Gasteiger partial charge in [0.05, 0.1) is 11.7 Å². The summed E-state index contributed by atoms with van der Waals surface area (Å²) in [7, 11) is 0. The summed E-state index contributed by atoms with van der Waals surface area (Å²) >= 11 is 2.13. The Kier molecular flexibility index (Phi) is 9.45. The molecular weight excluding hydrogens is 816 g/mol. The van der Waals surface area contributed by atoms with E-state index in [1.165, 1.54) is 88.1 Å². The third-order valence-electron chi connectivity index (χ3n) is 19.0. The molecule has 5 aliphatic carbocycles. The van der Waals surface area contributed by atoms with E-state index in [1.807, 2.05) is 0 Å².